The van der Waals surface area contributed by atoms with Crippen molar-refractivity contribution in [2.24, 2.45) is 5.73 Å². The van der Waals surface area contributed by atoms with E-state index in [2.05, 4.69) is 5.10 Å². The van der Waals surface area contributed by atoms with Gasteiger partial charge in [-0.1, -0.05) is 6.07 Å². The van der Waals surface area contributed by atoms with Gasteiger partial charge in [0.15, 0.2) is 0 Å². The number of alkyl halides is 3. The third-order valence-electron chi connectivity index (χ3n) is 2.27. The highest BCUT2D eigenvalue weighted by molar-refractivity contribution is 5.79. The third-order valence-corrected chi connectivity index (χ3v) is 2.27. The molecule has 0 bridgehead atoms. The molecule has 0 aliphatic rings. The van der Waals surface area contributed by atoms with E-state index in [1.165, 1.54) is 6.20 Å². The molecule has 0 radical (unpaired) electrons. The summed E-state index contributed by atoms with van der Waals surface area (Å²) in [7, 11) is 0. The molecule has 0 atom stereocenters. The Labute approximate surface area is 89.7 Å². The molecule has 3 nitrogen and oxygen atoms in total. The molecule has 0 aliphatic carbocycles. The van der Waals surface area contributed by atoms with Crippen LogP contribution >= 0.6 is 0 Å². The van der Waals surface area contributed by atoms with Crippen LogP contribution in [0.25, 0.3) is 10.9 Å². The van der Waals surface area contributed by atoms with Gasteiger partial charge in [-0.15, -0.1) is 0 Å². The minimum atomic E-state index is -4.26. The predicted octanol–water partition coefficient (Wildman–Crippen LogP) is 2.06. The van der Waals surface area contributed by atoms with Crippen molar-refractivity contribution in [2.45, 2.75) is 19.3 Å². The summed E-state index contributed by atoms with van der Waals surface area (Å²) in [5, 5.41) is 4.39. The van der Waals surface area contributed by atoms with Crippen LogP contribution < -0.4 is 5.73 Å². The molecule has 0 fully saturated rings. The molecule has 2 rings (SSSR count). The molecule has 2 N–H and O–H groups in total. The second kappa shape index (κ2) is 3.79. The van der Waals surface area contributed by atoms with Crippen molar-refractivity contribution in [3.8, 4) is 0 Å². The highest BCUT2D eigenvalue weighted by atomic mass is 19.4. The maximum atomic E-state index is 12.2. The lowest BCUT2D eigenvalue weighted by Crippen LogP contribution is -2.18. The quantitative estimate of drug-likeness (QED) is 0.856. The van der Waals surface area contributed by atoms with Gasteiger partial charge in [-0.2, -0.15) is 18.3 Å². The Bertz CT molecular complexity index is 501. The molecular formula is C10H10F3N3. The van der Waals surface area contributed by atoms with Crippen LogP contribution in [-0.4, -0.2) is 16.0 Å². The monoisotopic (exact) mass is 229 g/mol. The molecule has 0 saturated carbocycles. The zero-order valence-corrected chi connectivity index (χ0v) is 8.33. The van der Waals surface area contributed by atoms with E-state index >= 15 is 0 Å². The summed E-state index contributed by atoms with van der Waals surface area (Å²) in [4.78, 5) is 0. The number of nitrogens with zero attached hydrogens (tertiary/aromatic N) is 2. The molecule has 16 heavy (non-hydrogen) atoms. The molecule has 0 spiro atoms. The van der Waals surface area contributed by atoms with Crippen molar-refractivity contribution in [2.75, 3.05) is 0 Å². The first-order valence-corrected chi connectivity index (χ1v) is 4.71. The summed E-state index contributed by atoms with van der Waals surface area (Å²) < 4.78 is 37.6. The smallest absolute Gasteiger partial charge is 0.326 e. The second-order valence-corrected chi connectivity index (χ2v) is 3.51. The summed E-state index contributed by atoms with van der Waals surface area (Å²) in [6, 6.07) is 5.06. The number of fused-ring (bicyclic) bond motifs is 1. The number of aromatic nitrogens is 2. The lowest BCUT2D eigenvalue weighted by molar-refractivity contribution is -0.141. The van der Waals surface area contributed by atoms with E-state index in [4.69, 9.17) is 5.73 Å². The molecule has 2 aromatic rings. The van der Waals surface area contributed by atoms with E-state index < -0.39 is 12.7 Å². The fraction of sp³-hybridized carbons (Fsp3) is 0.300. The summed E-state index contributed by atoms with van der Waals surface area (Å²) >= 11 is 0. The van der Waals surface area contributed by atoms with E-state index in [1.54, 1.807) is 18.2 Å². The fourth-order valence-corrected chi connectivity index (χ4v) is 1.56. The Morgan fingerprint density at radius 2 is 2.06 bits per heavy atom. The van der Waals surface area contributed by atoms with Crippen molar-refractivity contribution in [1.82, 2.24) is 9.78 Å². The number of rotatable bonds is 2. The predicted molar refractivity (Wildman–Crippen MR) is 53.7 cm³/mol. The van der Waals surface area contributed by atoms with E-state index in [0.717, 1.165) is 10.2 Å². The van der Waals surface area contributed by atoms with Gasteiger partial charge in [-0.25, -0.2) is 0 Å². The van der Waals surface area contributed by atoms with E-state index in [9.17, 15) is 13.2 Å². The van der Waals surface area contributed by atoms with Gasteiger partial charge in [-0.3, -0.25) is 4.68 Å². The van der Waals surface area contributed by atoms with Crippen LogP contribution in [0.4, 0.5) is 13.2 Å². The molecule has 1 aromatic carbocycles. The van der Waals surface area contributed by atoms with Crippen molar-refractivity contribution < 1.29 is 13.2 Å². The van der Waals surface area contributed by atoms with Crippen molar-refractivity contribution in [3.63, 3.8) is 0 Å². The molecule has 0 aliphatic heterocycles. The molecule has 0 amide bonds. The van der Waals surface area contributed by atoms with Gasteiger partial charge in [0.25, 0.3) is 0 Å². The van der Waals surface area contributed by atoms with Crippen LogP contribution in [0, 0.1) is 0 Å². The van der Waals surface area contributed by atoms with E-state index in [-0.39, 0.29) is 0 Å². The SMILES string of the molecule is NCc1ccc2c(cnn2CC(F)(F)F)c1. The van der Waals surface area contributed by atoms with Crippen molar-refractivity contribution >= 4 is 10.9 Å². The topological polar surface area (TPSA) is 43.8 Å². The minimum absolute atomic E-state index is 0.361. The Morgan fingerprint density at radius 3 is 2.69 bits per heavy atom. The van der Waals surface area contributed by atoms with E-state index in [1.807, 2.05) is 0 Å². The summed E-state index contributed by atoms with van der Waals surface area (Å²) in [5.41, 5.74) is 6.78. The average Bonchev–Trinajstić information content (AvgIpc) is 2.58. The zero-order chi connectivity index (χ0) is 11.8. The first-order chi connectivity index (χ1) is 7.49. The second-order valence-electron chi connectivity index (χ2n) is 3.51. The molecule has 0 saturated heterocycles. The van der Waals surface area contributed by atoms with Crippen LogP contribution in [-0.2, 0) is 13.1 Å². The summed E-state index contributed by atoms with van der Waals surface area (Å²) in [6.45, 7) is -0.709. The number of benzene rings is 1. The van der Waals surface area contributed by atoms with Gasteiger partial charge < -0.3 is 5.73 Å². The summed E-state index contributed by atoms with van der Waals surface area (Å²) in [5.74, 6) is 0. The normalized spacial score (nSPS) is 12.2. The standard InChI is InChI=1S/C10H10F3N3/c11-10(12,13)6-16-9-2-1-7(4-14)3-8(9)5-15-16/h1-3,5H,4,6,14H2. The highest BCUT2D eigenvalue weighted by Crippen LogP contribution is 2.21. The molecule has 0 unspecified atom stereocenters. The van der Waals surface area contributed by atoms with Crippen LogP contribution in [0.2, 0.25) is 0 Å². The third kappa shape index (κ3) is 2.16. The largest absolute Gasteiger partial charge is 0.408 e. The van der Waals surface area contributed by atoms with Crippen LogP contribution in [0.1, 0.15) is 5.56 Å². The molecule has 6 heteroatoms. The van der Waals surface area contributed by atoms with Crippen LogP contribution in [0.3, 0.4) is 0 Å². The average molecular weight is 229 g/mol. The van der Waals surface area contributed by atoms with Gasteiger partial charge in [-0.05, 0) is 17.7 Å². The first-order valence-electron chi connectivity index (χ1n) is 4.71. The Hall–Kier alpha value is -1.56. The van der Waals surface area contributed by atoms with Crippen LogP contribution in [0.5, 0.6) is 0 Å². The molecule has 1 aromatic heterocycles. The number of hydrogen-bond acceptors (Lipinski definition) is 2. The van der Waals surface area contributed by atoms with Crippen molar-refractivity contribution in [1.29, 1.82) is 0 Å². The molecular weight excluding hydrogens is 219 g/mol. The lowest BCUT2D eigenvalue weighted by atomic mass is 10.1. The van der Waals surface area contributed by atoms with Crippen LogP contribution in [0.15, 0.2) is 24.4 Å². The molecule has 1 heterocycles. The van der Waals surface area contributed by atoms with E-state index in [0.29, 0.717) is 17.4 Å². The van der Waals surface area contributed by atoms with Crippen molar-refractivity contribution in [3.05, 3.63) is 30.0 Å². The lowest BCUT2D eigenvalue weighted by Gasteiger charge is -2.07. The van der Waals surface area contributed by atoms with Gasteiger partial charge >= 0.3 is 6.18 Å². The number of halogens is 3. The Kier molecular flexibility index (Phi) is 2.59. The maximum absolute atomic E-state index is 12.2. The Morgan fingerprint density at radius 1 is 1.31 bits per heavy atom. The van der Waals surface area contributed by atoms with Gasteiger partial charge in [0, 0.05) is 11.9 Å². The fourth-order valence-electron chi connectivity index (χ4n) is 1.56. The maximum Gasteiger partial charge on any atom is 0.408 e. The number of hydrogen-bond donors (Lipinski definition) is 1. The van der Waals surface area contributed by atoms with Gasteiger partial charge in [0.05, 0.1) is 11.7 Å². The van der Waals surface area contributed by atoms with Gasteiger partial charge in [0.2, 0.25) is 0 Å². The zero-order valence-electron chi connectivity index (χ0n) is 8.33. The van der Waals surface area contributed by atoms with Gasteiger partial charge in [0.1, 0.15) is 6.54 Å². The minimum Gasteiger partial charge on any atom is -0.326 e. The highest BCUT2D eigenvalue weighted by Gasteiger charge is 2.29. The first kappa shape index (κ1) is 10.9. The summed E-state index contributed by atoms with van der Waals surface area (Å²) in [6.07, 6.45) is -2.84. The number of nitrogens with two attached hydrogens (primary N) is 1. The Balaban J connectivity index is 2.42. The molecule has 86 valence electrons.